The van der Waals surface area contributed by atoms with Crippen LogP contribution in [0.2, 0.25) is 0 Å². The number of carbonyl (C=O) groups excluding carboxylic acids is 1. The van der Waals surface area contributed by atoms with Crippen molar-refractivity contribution < 1.29 is 28.2 Å². The SMILES string of the molecule is CCCOc1ccc(-c2cc(F)cc(OCC)c2)cc1C(=O)NC(CO)Cc1c[nH]c2ccc(F)cc12. The van der Waals surface area contributed by atoms with Crippen molar-refractivity contribution in [3.05, 3.63) is 83.6 Å². The third-order valence-corrected chi connectivity index (χ3v) is 5.95. The maximum Gasteiger partial charge on any atom is 0.255 e. The molecule has 194 valence electrons. The Labute approximate surface area is 214 Å². The lowest BCUT2D eigenvalue weighted by molar-refractivity contribution is 0.0912. The number of aliphatic hydroxyl groups is 1. The van der Waals surface area contributed by atoms with Gasteiger partial charge in [-0.05, 0) is 78.9 Å². The summed E-state index contributed by atoms with van der Waals surface area (Å²) in [5, 5.41) is 13.6. The number of carbonyl (C=O) groups is 1. The van der Waals surface area contributed by atoms with Crippen LogP contribution in [-0.2, 0) is 6.42 Å². The molecule has 1 aromatic heterocycles. The van der Waals surface area contributed by atoms with Crippen LogP contribution in [0.25, 0.3) is 22.0 Å². The Morgan fingerprint density at radius 1 is 1.00 bits per heavy atom. The fourth-order valence-corrected chi connectivity index (χ4v) is 4.21. The largest absolute Gasteiger partial charge is 0.494 e. The van der Waals surface area contributed by atoms with E-state index >= 15 is 0 Å². The number of nitrogens with one attached hydrogen (secondary N) is 2. The van der Waals surface area contributed by atoms with Gasteiger partial charge in [-0.1, -0.05) is 13.0 Å². The average Bonchev–Trinajstić information content (AvgIpc) is 3.28. The number of hydrogen-bond donors (Lipinski definition) is 3. The molecule has 0 saturated heterocycles. The molecule has 6 nitrogen and oxygen atoms in total. The zero-order valence-corrected chi connectivity index (χ0v) is 20.8. The normalized spacial score (nSPS) is 11.9. The van der Waals surface area contributed by atoms with E-state index in [1.54, 1.807) is 36.5 Å². The van der Waals surface area contributed by atoms with Gasteiger partial charge in [0, 0.05) is 23.2 Å². The minimum absolute atomic E-state index is 0.261. The molecule has 0 bridgehead atoms. The molecule has 0 aliphatic heterocycles. The predicted molar refractivity (Wildman–Crippen MR) is 139 cm³/mol. The third kappa shape index (κ3) is 6.27. The number of benzene rings is 3. The lowest BCUT2D eigenvalue weighted by Gasteiger charge is -2.18. The fourth-order valence-electron chi connectivity index (χ4n) is 4.21. The monoisotopic (exact) mass is 508 g/mol. The maximum absolute atomic E-state index is 14.2. The summed E-state index contributed by atoms with van der Waals surface area (Å²) in [5.74, 6) is -0.480. The Bertz CT molecular complexity index is 1390. The molecule has 4 rings (SSSR count). The van der Waals surface area contributed by atoms with Gasteiger partial charge in [0.15, 0.2) is 0 Å². The van der Waals surface area contributed by atoms with Crippen LogP contribution in [0.4, 0.5) is 8.78 Å². The van der Waals surface area contributed by atoms with Gasteiger partial charge >= 0.3 is 0 Å². The van der Waals surface area contributed by atoms with E-state index in [0.717, 1.165) is 17.5 Å². The van der Waals surface area contributed by atoms with Gasteiger partial charge in [0.05, 0.1) is 31.4 Å². The van der Waals surface area contributed by atoms with Crippen molar-refractivity contribution in [2.24, 2.45) is 0 Å². The van der Waals surface area contributed by atoms with E-state index < -0.39 is 17.8 Å². The van der Waals surface area contributed by atoms with Crippen molar-refractivity contribution >= 4 is 16.8 Å². The number of rotatable bonds is 11. The van der Waals surface area contributed by atoms with E-state index in [1.807, 2.05) is 13.8 Å². The predicted octanol–water partition coefficient (Wildman–Crippen LogP) is 5.63. The highest BCUT2D eigenvalue weighted by Crippen LogP contribution is 2.30. The Kier molecular flexibility index (Phi) is 8.40. The summed E-state index contributed by atoms with van der Waals surface area (Å²) in [6.07, 6.45) is 2.79. The minimum atomic E-state index is -0.629. The van der Waals surface area contributed by atoms with Crippen molar-refractivity contribution in [1.82, 2.24) is 10.3 Å². The highest BCUT2D eigenvalue weighted by molar-refractivity contribution is 5.98. The Balaban J connectivity index is 1.62. The van der Waals surface area contributed by atoms with Gasteiger partial charge in [0.2, 0.25) is 0 Å². The molecule has 8 heteroatoms. The van der Waals surface area contributed by atoms with E-state index in [4.69, 9.17) is 9.47 Å². The molecule has 0 spiro atoms. The molecule has 0 radical (unpaired) electrons. The first-order valence-corrected chi connectivity index (χ1v) is 12.3. The van der Waals surface area contributed by atoms with E-state index in [1.165, 1.54) is 24.3 Å². The Hall–Kier alpha value is -3.91. The summed E-state index contributed by atoms with van der Waals surface area (Å²) in [6, 6.07) is 13.3. The minimum Gasteiger partial charge on any atom is -0.494 e. The number of amides is 1. The van der Waals surface area contributed by atoms with Crippen molar-refractivity contribution in [2.45, 2.75) is 32.7 Å². The lowest BCUT2D eigenvalue weighted by atomic mass is 10.0. The molecule has 0 saturated carbocycles. The summed E-state index contributed by atoms with van der Waals surface area (Å²) < 4.78 is 39.3. The topological polar surface area (TPSA) is 83.6 Å². The zero-order valence-electron chi connectivity index (χ0n) is 20.8. The van der Waals surface area contributed by atoms with E-state index in [9.17, 15) is 18.7 Å². The number of fused-ring (bicyclic) bond motifs is 1. The molecule has 0 aliphatic rings. The molecule has 1 atom stereocenters. The van der Waals surface area contributed by atoms with E-state index in [-0.39, 0.29) is 24.4 Å². The van der Waals surface area contributed by atoms with E-state index in [0.29, 0.717) is 41.2 Å². The number of halogens is 2. The van der Waals surface area contributed by atoms with Gasteiger partial charge in [-0.2, -0.15) is 0 Å². The van der Waals surface area contributed by atoms with Crippen LogP contribution < -0.4 is 14.8 Å². The molecule has 1 amide bonds. The summed E-state index contributed by atoms with van der Waals surface area (Å²) in [6.45, 7) is 4.27. The van der Waals surface area contributed by atoms with Crippen LogP contribution in [0, 0.1) is 11.6 Å². The van der Waals surface area contributed by atoms with Crippen LogP contribution in [0.3, 0.4) is 0 Å². The fraction of sp³-hybridized carbons (Fsp3) is 0.276. The summed E-state index contributed by atoms with van der Waals surface area (Å²) >= 11 is 0. The number of ether oxygens (including phenoxy) is 2. The molecule has 0 aliphatic carbocycles. The summed E-state index contributed by atoms with van der Waals surface area (Å²) in [4.78, 5) is 16.5. The first-order chi connectivity index (χ1) is 17.9. The Morgan fingerprint density at radius 2 is 1.84 bits per heavy atom. The molecular formula is C29H30F2N2O4. The molecular weight excluding hydrogens is 478 g/mol. The van der Waals surface area contributed by atoms with Crippen LogP contribution in [0.15, 0.2) is 60.8 Å². The maximum atomic E-state index is 14.2. The van der Waals surface area contributed by atoms with Crippen LogP contribution in [0.5, 0.6) is 11.5 Å². The van der Waals surface area contributed by atoms with Crippen molar-refractivity contribution in [3.8, 4) is 22.6 Å². The van der Waals surface area contributed by atoms with Crippen molar-refractivity contribution in [1.29, 1.82) is 0 Å². The number of aromatic amines is 1. The first-order valence-electron chi connectivity index (χ1n) is 12.3. The number of aromatic nitrogens is 1. The molecule has 37 heavy (non-hydrogen) atoms. The van der Waals surface area contributed by atoms with Gasteiger partial charge in [0.25, 0.3) is 5.91 Å². The van der Waals surface area contributed by atoms with Crippen LogP contribution >= 0.6 is 0 Å². The second kappa shape index (κ2) is 11.9. The van der Waals surface area contributed by atoms with Gasteiger partial charge in [0.1, 0.15) is 23.1 Å². The quantitative estimate of drug-likeness (QED) is 0.245. The molecule has 3 N–H and O–H groups in total. The van der Waals surface area contributed by atoms with Gasteiger partial charge in [-0.3, -0.25) is 4.79 Å². The molecule has 1 unspecified atom stereocenters. The van der Waals surface area contributed by atoms with Crippen molar-refractivity contribution in [3.63, 3.8) is 0 Å². The third-order valence-electron chi connectivity index (χ3n) is 5.95. The second-order valence-corrected chi connectivity index (χ2v) is 8.73. The van der Waals surface area contributed by atoms with Crippen LogP contribution in [0.1, 0.15) is 36.2 Å². The first kappa shape index (κ1) is 26.2. The van der Waals surface area contributed by atoms with Crippen molar-refractivity contribution in [2.75, 3.05) is 19.8 Å². The number of aliphatic hydroxyl groups excluding tert-OH is 1. The highest BCUT2D eigenvalue weighted by atomic mass is 19.1. The van der Waals surface area contributed by atoms with Gasteiger partial charge in [-0.15, -0.1) is 0 Å². The average molecular weight is 509 g/mol. The zero-order chi connectivity index (χ0) is 26.4. The Morgan fingerprint density at radius 3 is 2.59 bits per heavy atom. The van der Waals surface area contributed by atoms with Crippen LogP contribution in [-0.4, -0.2) is 41.9 Å². The standard InChI is InChI=1S/C29H30F2N2O4/c1-3-9-37-28-8-5-18(19-10-22(31)14-24(12-19)36-4-2)13-26(28)29(35)33-23(17-34)11-20-16-32-27-7-6-21(30)15-25(20)27/h5-8,10,12-16,23,32,34H,3-4,9,11,17H2,1-2H3,(H,33,35). The van der Waals surface area contributed by atoms with Gasteiger partial charge < -0.3 is 24.9 Å². The molecule has 0 fully saturated rings. The molecule has 3 aromatic carbocycles. The number of hydrogen-bond acceptors (Lipinski definition) is 4. The summed E-state index contributed by atoms with van der Waals surface area (Å²) in [7, 11) is 0. The summed E-state index contributed by atoms with van der Waals surface area (Å²) in [5.41, 5.74) is 2.97. The molecule has 4 aromatic rings. The highest BCUT2D eigenvalue weighted by Gasteiger charge is 2.20. The lowest BCUT2D eigenvalue weighted by Crippen LogP contribution is -2.39. The second-order valence-electron chi connectivity index (χ2n) is 8.73. The van der Waals surface area contributed by atoms with Gasteiger partial charge in [-0.25, -0.2) is 8.78 Å². The van der Waals surface area contributed by atoms with E-state index in [2.05, 4.69) is 10.3 Å². The smallest absolute Gasteiger partial charge is 0.255 e. The number of H-pyrrole nitrogens is 1. The molecule has 1 heterocycles.